The highest BCUT2D eigenvalue weighted by atomic mass is 32.1. The molecule has 1 aliphatic heterocycles. The molecule has 0 unspecified atom stereocenters. The first-order valence-corrected chi connectivity index (χ1v) is 9.24. The molecule has 134 valence electrons. The Kier molecular flexibility index (Phi) is 7.45. The van der Waals surface area contributed by atoms with E-state index in [2.05, 4.69) is 32.4 Å². The van der Waals surface area contributed by atoms with Gasteiger partial charge in [0, 0.05) is 77.3 Å². The predicted octanol–water partition coefficient (Wildman–Crippen LogP) is 0.323. The summed E-state index contributed by atoms with van der Waals surface area (Å²) >= 11 is 1.74. The topological polar surface area (TPSA) is 72.9 Å². The molecule has 0 radical (unpaired) electrons. The van der Waals surface area contributed by atoms with Gasteiger partial charge in [-0.25, -0.2) is 4.98 Å². The minimum atomic E-state index is 0.174. The zero-order valence-corrected chi connectivity index (χ0v) is 15.7. The summed E-state index contributed by atoms with van der Waals surface area (Å²) in [7, 11) is 1.79. The summed E-state index contributed by atoms with van der Waals surface area (Å²) < 4.78 is 0. The first-order valence-electron chi connectivity index (χ1n) is 8.42. The number of aromatic nitrogens is 1. The number of nitrogens with one attached hydrogen (secondary N) is 2. The fraction of sp³-hybridized carbons (Fsp3) is 0.688. The van der Waals surface area contributed by atoms with Crippen LogP contribution in [0.2, 0.25) is 0 Å². The average Bonchev–Trinajstić information content (AvgIpc) is 2.99. The van der Waals surface area contributed by atoms with E-state index in [4.69, 9.17) is 0 Å². The fourth-order valence-electron chi connectivity index (χ4n) is 2.64. The highest BCUT2D eigenvalue weighted by Gasteiger charge is 2.17. The molecule has 2 heterocycles. The van der Waals surface area contributed by atoms with E-state index in [1.165, 1.54) is 4.88 Å². The van der Waals surface area contributed by atoms with Crippen LogP contribution < -0.4 is 10.6 Å². The lowest BCUT2D eigenvalue weighted by molar-refractivity contribution is -0.130. The van der Waals surface area contributed by atoms with Crippen LogP contribution in [0.4, 0.5) is 0 Å². The Bertz CT molecular complexity index is 551. The molecule has 0 bridgehead atoms. The van der Waals surface area contributed by atoms with E-state index in [-0.39, 0.29) is 5.91 Å². The monoisotopic (exact) mass is 352 g/mol. The van der Waals surface area contributed by atoms with Crippen molar-refractivity contribution in [1.82, 2.24) is 25.4 Å². The van der Waals surface area contributed by atoms with Crippen molar-refractivity contribution < 1.29 is 4.79 Å². The second-order valence-corrected chi connectivity index (χ2v) is 7.21. The summed E-state index contributed by atoms with van der Waals surface area (Å²) in [6, 6.07) is 0. The molecule has 2 N–H and O–H groups in total. The van der Waals surface area contributed by atoms with Crippen LogP contribution in [0, 0.1) is 6.92 Å². The number of aryl methyl sites for hydroxylation is 1. The Hall–Kier alpha value is -1.67. The van der Waals surface area contributed by atoms with Crippen LogP contribution in [-0.4, -0.2) is 79.5 Å². The second-order valence-electron chi connectivity index (χ2n) is 5.89. The highest BCUT2D eigenvalue weighted by Crippen LogP contribution is 2.10. The van der Waals surface area contributed by atoms with Crippen molar-refractivity contribution >= 4 is 23.2 Å². The first kappa shape index (κ1) is 18.7. The molecule has 24 heavy (non-hydrogen) atoms. The van der Waals surface area contributed by atoms with Crippen molar-refractivity contribution in [3.63, 3.8) is 0 Å². The molecule has 1 aliphatic rings. The standard InChI is InChI=1S/C16H28N6OS/c1-13-12-20-15(24-13)4-5-18-16(17-3)19-6-7-21-8-10-22(11-9-21)14(2)23/h12H,4-11H2,1-3H3,(H2,17,18,19). The number of carbonyl (C=O) groups excluding carboxylic acids is 1. The first-order chi connectivity index (χ1) is 11.6. The summed E-state index contributed by atoms with van der Waals surface area (Å²) in [6.07, 6.45) is 2.82. The maximum Gasteiger partial charge on any atom is 0.219 e. The van der Waals surface area contributed by atoms with Gasteiger partial charge < -0.3 is 15.5 Å². The van der Waals surface area contributed by atoms with Crippen LogP contribution in [0.5, 0.6) is 0 Å². The van der Waals surface area contributed by atoms with Gasteiger partial charge in [0.15, 0.2) is 5.96 Å². The van der Waals surface area contributed by atoms with Crippen LogP contribution >= 0.6 is 11.3 Å². The maximum absolute atomic E-state index is 11.3. The Morgan fingerprint density at radius 3 is 2.58 bits per heavy atom. The van der Waals surface area contributed by atoms with Gasteiger partial charge in [0.2, 0.25) is 5.91 Å². The van der Waals surface area contributed by atoms with Gasteiger partial charge in [0.1, 0.15) is 0 Å². The number of thiazole rings is 1. The van der Waals surface area contributed by atoms with Gasteiger partial charge in [0.05, 0.1) is 5.01 Å². The lowest BCUT2D eigenvalue weighted by atomic mass is 10.3. The lowest BCUT2D eigenvalue weighted by Crippen LogP contribution is -2.50. The molecule has 0 atom stereocenters. The summed E-state index contributed by atoms with van der Waals surface area (Å²) in [5.74, 6) is 0.999. The number of piperazine rings is 1. The molecule has 0 aliphatic carbocycles. The number of rotatable bonds is 6. The van der Waals surface area contributed by atoms with E-state index in [9.17, 15) is 4.79 Å². The van der Waals surface area contributed by atoms with E-state index in [1.807, 2.05) is 11.1 Å². The number of hydrogen-bond acceptors (Lipinski definition) is 5. The van der Waals surface area contributed by atoms with Gasteiger partial charge in [-0.05, 0) is 6.92 Å². The third-order valence-corrected chi connectivity index (χ3v) is 5.03. The molecule has 1 fully saturated rings. The highest BCUT2D eigenvalue weighted by molar-refractivity contribution is 7.11. The normalized spacial score (nSPS) is 16.3. The van der Waals surface area contributed by atoms with Crippen LogP contribution in [0.1, 0.15) is 16.8 Å². The fourth-order valence-corrected chi connectivity index (χ4v) is 3.43. The number of aliphatic imine (C=N–C) groups is 1. The second kappa shape index (κ2) is 9.58. The van der Waals surface area contributed by atoms with E-state index >= 15 is 0 Å². The molecule has 1 aromatic heterocycles. The minimum Gasteiger partial charge on any atom is -0.356 e. The van der Waals surface area contributed by atoms with Gasteiger partial charge in [-0.2, -0.15) is 0 Å². The van der Waals surface area contributed by atoms with Crippen LogP contribution in [-0.2, 0) is 11.2 Å². The molecule has 8 heteroatoms. The molecule has 1 amide bonds. The number of hydrogen-bond donors (Lipinski definition) is 2. The molecule has 0 aromatic carbocycles. The van der Waals surface area contributed by atoms with Crippen molar-refractivity contribution in [2.24, 2.45) is 4.99 Å². The average molecular weight is 353 g/mol. The number of nitrogens with zero attached hydrogens (tertiary/aromatic N) is 4. The minimum absolute atomic E-state index is 0.174. The number of carbonyl (C=O) groups is 1. The molecular formula is C16H28N6OS. The Morgan fingerprint density at radius 2 is 2.00 bits per heavy atom. The van der Waals surface area contributed by atoms with Gasteiger partial charge >= 0.3 is 0 Å². The molecule has 7 nitrogen and oxygen atoms in total. The largest absolute Gasteiger partial charge is 0.356 e. The summed E-state index contributed by atoms with van der Waals surface area (Å²) in [5.41, 5.74) is 0. The SMILES string of the molecule is CN=C(NCCc1ncc(C)s1)NCCN1CCN(C(C)=O)CC1. The molecule has 2 rings (SSSR count). The van der Waals surface area contributed by atoms with Gasteiger partial charge in [-0.1, -0.05) is 0 Å². The van der Waals surface area contributed by atoms with Gasteiger partial charge in [-0.15, -0.1) is 11.3 Å². The maximum atomic E-state index is 11.3. The third kappa shape index (κ3) is 6.09. The van der Waals surface area contributed by atoms with Crippen molar-refractivity contribution in [3.8, 4) is 0 Å². The van der Waals surface area contributed by atoms with Crippen LogP contribution in [0.3, 0.4) is 0 Å². The Balaban J connectivity index is 1.59. The van der Waals surface area contributed by atoms with E-state index in [1.54, 1.807) is 25.3 Å². The van der Waals surface area contributed by atoms with E-state index in [0.29, 0.717) is 0 Å². The van der Waals surface area contributed by atoms with Crippen LogP contribution in [0.25, 0.3) is 0 Å². The molecular weight excluding hydrogens is 324 g/mol. The molecule has 0 spiro atoms. The summed E-state index contributed by atoms with van der Waals surface area (Å²) in [4.78, 5) is 25.5. The number of guanidine groups is 1. The zero-order chi connectivity index (χ0) is 17.4. The van der Waals surface area contributed by atoms with Crippen molar-refractivity contribution in [2.75, 3.05) is 52.9 Å². The smallest absolute Gasteiger partial charge is 0.219 e. The summed E-state index contributed by atoms with van der Waals surface area (Å²) in [6.45, 7) is 9.88. The van der Waals surface area contributed by atoms with Gasteiger partial charge in [-0.3, -0.25) is 14.7 Å². The number of amides is 1. The molecule has 0 saturated carbocycles. The van der Waals surface area contributed by atoms with Crippen molar-refractivity contribution in [3.05, 3.63) is 16.1 Å². The van der Waals surface area contributed by atoms with Crippen molar-refractivity contribution in [2.45, 2.75) is 20.3 Å². The molecule has 1 saturated heterocycles. The third-order valence-electron chi connectivity index (χ3n) is 4.06. The zero-order valence-electron chi connectivity index (χ0n) is 14.8. The van der Waals surface area contributed by atoms with Crippen molar-refractivity contribution in [1.29, 1.82) is 0 Å². The summed E-state index contributed by atoms with van der Waals surface area (Å²) in [5, 5.41) is 7.81. The lowest BCUT2D eigenvalue weighted by Gasteiger charge is -2.34. The molecule has 1 aromatic rings. The predicted molar refractivity (Wildman–Crippen MR) is 98.6 cm³/mol. The van der Waals surface area contributed by atoms with E-state index < -0.39 is 0 Å². The van der Waals surface area contributed by atoms with Gasteiger partial charge in [0.25, 0.3) is 0 Å². The Morgan fingerprint density at radius 1 is 1.29 bits per heavy atom. The quantitative estimate of drug-likeness (QED) is 0.570. The van der Waals surface area contributed by atoms with E-state index in [0.717, 1.165) is 63.2 Å². The Labute approximate surface area is 148 Å². The van der Waals surface area contributed by atoms with Crippen LogP contribution in [0.15, 0.2) is 11.2 Å².